The van der Waals surface area contributed by atoms with E-state index in [1.165, 1.54) is 6.21 Å². The molecule has 0 heterocycles. The van der Waals surface area contributed by atoms with Crippen LogP contribution in [0, 0.1) is 13.8 Å². The quantitative estimate of drug-likeness (QED) is 0.376. The summed E-state index contributed by atoms with van der Waals surface area (Å²) in [5.74, 6) is 0.215. The highest BCUT2D eigenvalue weighted by Crippen LogP contribution is 2.21. The van der Waals surface area contributed by atoms with E-state index in [4.69, 9.17) is 11.5 Å². The van der Waals surface area contributed by atoms with Crippen molar-refractivity contribution in [2.24, 2.45) is 21.7 Å². The zero-order chi connectivity index (χ0) is 11.4. The third-order valence-electron chi connectivity index (χ3n) is 1.89. The first-order chi connectivity index (χ1) is 7.00. The van der Waals surface area contributed by atoms with Gasteiger partial charge < -0.3 is 16.6 Å². The average Bonchev–Trinajstić information content (AvgIpc) is 2.13. The standard InChI is InChI=1S/C10H14N4O/c1-6-3-8(4-7(2)9(6)15)5-13-14-10(11)12/h3-5,15H,1-2H3,(H4,11,12,14)/b13-5+. The summed E-state index contributed by atoms with van der Waals surface area (Å²) in [6.45, 7) is 3.64. The van der Waals surface area contributed by atoms with Gasteiger partial charge in [-0.15, -0.1) is 5.10 Å². The highest BCUT2D eigenvalue weighted by Gasteiger charge is 2.01. The molecule has 0 saturated carbocycles. The number of nitrogens with zero attached hydrogens (tertiary/aromatic N) is 2. The van der Waals surface area contributed by atoms with E-state index in [0.717, 1.165) is 16.7 Å². The van der Waals surface area contributed by atoms with E-state index in [1.807, 2.05) is 13.8 Å². The molecule has 0 radical (unpaired) electrons. The fourth-order valence-corrected chi connectivity index (χ4v) is 1.23. The van der Waals surface area contributed by atoms with Crippen LogP contribution in [-0.2, 0) is 0 Å². The van der Waals surface area contributed by atoms with Gasteiger partial charge in [-0.05, 0) is 42.7 Å². The molecule has 5 heteroatoms. The van der Waals surface area contributed by atoms with Crippen molar-refractivity contribution < 1.29 is 5.11 Å². The summed E-state index contributed by atoms with van der Waals surface area (Å²) in [6.07, 6.45) is 1.53. The lowest BCUT2D eigenvalue weighted by molar-refractivity contribution is 0.467. The average molecular weight is 206 g/mol. The summed E-state index contributed by atoms with van der Waals surface area (Å²) in [4.78, 5) is 0. The number of hydrogen-bond acceptors (Lipinski definition) is 3. The monoisotopic (exact) mass is 206 g/mol. The van der Waals surface area contributed by atoms with Gasteiger partial charge in [0.25, 0.3) is 0 Å². The molecule has 5 N–H and O–H groups in total. The van der Waals surface area contributed by atoms with Crippen LogP contribution in [0.25, 0.3) is 0 Å². The third kappa shape index (κ3) is 2.98. The second-order valence-corrected chi connectivity index (χ2v) is 3.27. The molecule has 1 rings (SSSR count). The molecule has 1 aromatic carbocycles. The van der Waals surface area contributed by atoms with Gasteiger partial charge >= 0.3 is 0 Å². The highest BCUT2D eigenvalue weighted by molar-refractivity contribution is 5.82. The molecular formula is C10H14N4O. The van der Waals surface area contributed by atoms with Gasteiger partial charge in [0.15, 0.2) is 0 Å². The normalized spacial score (nSPS) is 10.5. The smallest absolute Gasteiger partial charge is 0.211 e. The number of phenols is 1. The van der Waals surface area contributed by atoms with Crippen LogP contribution in [0.4, 0.5) is 0 Å². The minimum atomic E-state index is -0.0847. The number of guanidine groups is 1. The van der Waals surface area contributed by atoms with E-state index in [0.29, 0.717) is 5.75 Å². The fourth-order valence-electron chi connectivity index (χ4n) is 1.23. The predicted molar refractivity (Wildman–Crippen MR) is 61.0 cm³/mol. The van der Waals surface area contributed by atoms with Crippen LogP contribution in [0.2, 0.25) is 0 Å². The number of aromatic hydroxyl groups is 1. The second-order valence-electron chi connectivity index (χ2n) is 3.27. The number of aryl methyl sites for hydroxylation is 2. The fraction of sp³-hybridized carbons (Fsp3) is 0.200. The Morgan fingerprint density at radius 1 is 1.27 bits per heavy atom. The van der Waals surface area contributed by atoms with Crippen LogP contribution in [0.1, 0.15) is 16.7 Å². The Kier molecular flexibility index (Phi) is 3.28. The number of phenolic OH excluding ortho intramolecular Hbond substituents is 1. The highest BCUT2D eigenvalue weighted by atomic mass is 16.3. The Balaban J connectivity index is 2.98. The first kappa shape index (κ1) is 11.0. The van der Waals surface area contributed by atoms with Gasteiger partial charge in [0.05, 0.1) is 6.21 Å². The number of rotatable bonds is 2. The van der Waals surface area contributed by atoms with Gasteiger partial charge in [-0.25, -0.2) is 0 Å². The summed E-state index contributed by atoms with van der Waals surface area (Å²) in [7, 11) is 0. The lowest BCUT2D eigenvalue weighted by Crippen LogP contribution is -2.21. The van der Waals surface area contributed by atoms with E-state index in [2.05, 4.69) is 10.2 Å². The molecule has 5 nitrogen and oxygen atoms in total. The van der Waals surface area contributed by atoms with Crippen LogP contribution in [0.5, 0.6) is 5.75 Å². The Labute approximate surface area is 88.1 Å². The van der Waals surface area contributed by atoms with E-state index in [-0.39, 0.29) is 5.96 Å². The molecule has 0 aliphatic rings. The third-order valence-corrected chi connectivity index (χ3v) is 1.89. The van der Waals surface area contributed by atoms with Crippen LogP contribution >= 0.6 is 0 Å². The first-order valence-corrected chi connectivity index (χ1v) is 4.43. The van der Waals surface area contributed by atoms with Gasteiger partial charge in [0.1, 0.15) is 5.75 Å². The molecule has 0 spiro atoms. The minimum Gasteiger partial charge on any atom is -0.507 e. The molecule has 0 amide bonds. The maximum absolute atomic E-state index is 9.53. The maximum atomic E-state index is 9.53. The van der Waals surface area contributed by atoms with Gasteiger partial charge in [0.2, 0.25) is 5.96 Å². The van der Waals surface area contributed by atoms with Gasteiger partial charge in [-0.2, -0.15) is 5.10 Å². The van der Waals surface area contributed by atoms with Crippen molar-refractivity contribution in [3.8, 4) is 5.75 Å². The van der Waals surface area contributed by atoms with Crippen molar-refractivity contribution >= 4 is 12.2 Å². The summed E-state index contributed by atoms with van der Waals surface area (Å²) in [5, 5.41) is 16.7. The zero-order valence-electron chi connectivity index (χ0n) is 8.73. The van der Waals surface area contributed by atoms with Crippen molar-refractivity contribution in [1.82, 2.24) is 0 Å². The van der Waals surface area contributed by atoms with Gasteiger partial charge in [-0.3, -0.25) is 0 Å². The van der Waals surface area contributed by atoms with Crippen molar-refractivity contribution in [2.75, 3.05) is 0 Å². The zero-order valence-corrected chi connectivity index (χ0v) is 8.73. The van der Waals surface area contributed by atoms with Crippen LogP contribution in [0.3, 0.4) is 0 Å². The molecule has 0 bridgehead atoms. The molecule has 0 fully saturated rings. The first-order valence-electron chi connectivity index (χ1n) is 4.43. The number of hydrogen-bond donors (Lipinski definition) is 3. The van der Waals surface area contributed by atoms with Crippen LogP contribution < -0.4 is 11.5 Å². The van der Waals surface area contributed by atoms with Gasteiger partial charge in [-0.1, -0.05) is 0 Å². The van der Waals surface area contributed by atoms with E-state index in [1.54, 1.807) is 12.1 Å². The summed E-state index contributed by atoms with van der Waals surface area (Å²) in [6, 6.07) is 3.60. The molecule has 15 heavy (non-hydrogen) atoms. The molecule has 0 atom stereocenters. The SMILES string of the molecule is Cc1cc(/C=N/N=C(N)N)cc(C)c1O. The number of nitrogens with two attached hydrogens (primary N) is 2. The minimum absolute atomic E-state index is 0.0847. The lowest BCUT2D eigenvalue weighted by atomic mass is 10.1. The molecule has 0 aliphatic carbocycles. The van der Waals surface area contributed by atoms with E-state index >= 15 is 0 Å². The van der Waals surface area contributed by atoms with E-state index in [9.17, 15) is 5.11 Å². The van der Waals surface area contributed by atoms with E-state index < -0.39 is 0 Å². The molecule has 0 unspecified atom stereocenters. The molecule has 0 aromatic heterocycles. The summed E-state index contributed by atoms with van der Waals surface area (Å²) >= 11 is 0. The molecule has 0 saturated heterocycles. The van der Waals surface area contributed by atoms with Crippen molar-refractivity contribution in [2.45, 2.75) is 13.8 Å². The lowest BCUT2D eigenvalue weighted by Gasteiger charge is -2.03. The summed E-state index contributed by atoms with van der Waals surface area (Å²) in [5.41, 5.74) is 12.7. The van der Waals surface area contributed by atoms with Crippen LogP contribution in [0.15, 0.2) is 22.3 Å². The Morgan fingerprint density at radius 3 is 2.27 bits per heavy atom. The predicted octanol–water partition coefficient (Wildman–Crippen LogP) is 0.616. The molecule has 1 aromatic rings. The van der Waals surface area contributed by atoms with Crippen molar-refractivity contribution in [3.05, 3.63) is 28.8 Å². The molecular weight excluding hydrogens is 192 g/mol. The van der Waals surface area contributed by atoms with Crippen LogP contribution in [-0.4, -0.2) is 17.3 Å². The molecule has 80 valence electrons. The Hall–Kier alpha value is -2.04. The number of benzene rings is 1. The molecule has 0 aliphatic heterocycles. The van der Waals surface area contributed by atoms with Crippen molar-refractivity contribution in [3.63, 3.8) is 0 Å². The Bertz CT molecular complexity index is 396. The maximum Gasteiger partial charge on any atom is 0.211 e. The Morgan fingerprint density at radius 2 is 1.80 bits per heavy atom. The topological polar surface area (TPSA) is 97.0 Å². The largest absolute Gasteiger partial charge is 0.507 e. The second kappa shape index (κ2) is 4.45. The summed E-state index contributed by atoms with van der Waals surface area (Å²) < 4.78 is 0. The van der Waals surface area contributed by atoms with Gasteiger partial charge in [0, 0.05) is 0 Å². The van der Waals surface area contributed by atoms with Crippen molar-refractivity contribution in [1.29, 1.82) is 0 Å².